The number of aromatic nitrogens is 2. The number of rotatable bonds is 7. The van der Waals surface area contributed by atoms with Crippen molar-refractivity contribution < 1.29 is 27.1 Å². The maximum Gasteiger partial charge on any atom is 0.470 e. The van der Waals surface area contributed by atoms with Crippen LogP contribution in [0.5, 0.6) is 0 Å². The van der Waals surface area contributed by atoms with Crippen LogP contribution in [0.3, 0.4) is 0 Å². The van der Waals surface area contributed by atoms with E-state index in [2.05, 4.69) is 21.5 Å². The number of amides is 2. The van der Waals surface area contributed by atoms with Crippen molar-refractivity contribution in [3.63, 3.8) is 0 Å². The Kier molecular flexibility index (Phi) is 8.24. The van der Waals surface area contributed by atoms with Gasteiger partial charge in [-0.15, -0.1) is 10.2 Å². The van der Waals surface area contributed by atoms with Gasteiger partial charge in [-0.25, -0.2) is 4.79 Å². The highest BCUT2D eigenvalue weighted by atomic mass is 19.4. The Balaban J connectivity index is 2.05. The van der Waals surface area contributed by atoms with Gasteiger partial charge in [-0.05, 0) is 20.3 Å². The van der Waals surface area contributed by atoms with Gasteiger partial charge < -0.3 is 19.0 Å². The summed E-state index contributed by atoms with van der Waals surface area (Å²) in [7, 11) is 0. The number of hydrogen-bond acceptors (Lipinski definition) is 5. The van der Waals surface area contributed by atoms with Crippen molar-refractivity contribution in [2.45, 2.75) is 39.8 Å². The van der Waals surface area contributed by atoms with Gasteiger partial charge in [-0.2, -0.15) is 13.2 Å². The number of carbonyl (C=O) groups is 1. The van der Waals surface area contributed by atoms with E-state index in [1.165, 1.54) is 0 Å². The first-order valence-electron chi connectivity index (χ1n) is 9.59. The van der Waals surface area contributed by atoms with Crippen LogP contribution in [0.4, 0.5) is 18.0 Å². The molecule has 0 atom stereocenters. The zero-order valence-corrected chi connectivity index (χ0v) is 17.0. The molecule has 1 aliphatic heterocycles. The molecule has 0 aliphatic carbocycles. The standard InChI is InChI=1S/C19H27F3N4O3/c1-4-5-8-26(18(27)25-9-11-28-12-10-25)13-14(2)6-7-15(3)16-23-24-17(29-16)19(20,21)22/h6-7H,4-5,8-13H2,1-3H3/b14-6+,15-7+. The van der Waals surface area contributed by atoms with Gasteiger partial charge in [0.1, 0.15) is 0 Å². The molecule has 1 saturated heterocycles. The summed E-state index contributed by atoms with van der Waals surface area (Å²) in [6.45, 7) is 8.80. The fraction of sp³-hybridized carbons (Fsp3) is 0.632. The molecular formula is C19H27F3N4O3. The number of urea groups is 1. The maximum absolute atomic E-state index is 12.8. The number of hydrogen-bond donors (Lipinski definition) is 0. The molecule has 1 aromatic rings. The van der Waals surface area contributed by atoms with Gasteiger partial charge in [-0.1, -0.05) is 31.1 Å². The quantitative estimate of drug-likeness (QED) is 0.629. The highest BCUT2D eigenvalue weighted by Gasteiger charge is 2.38. The second kappa shape index (κ2) is 10.4. The van der Waals surface area contributed by atoms with Crippen LogP contribution in [-0.2, 0) is 10.9 Å². The first-order valence-corrected chi connectivity index (χ1v) is 9.59. The lowest BCUT2D eigenvalue weighted by atomic mass is 10.2. The molecule has 0 radical (unpaired) electrons. The minimum absolute atomic E-state index is 0.0260. The van der Waals surface area contributed by atoms with Crippen molar-refractivity contribution in [1.29, 1.82) is 0 Å². The van der Waals surface area contributed by atoms with Crippen LogP contribution in [0.2, 0.25) is 0 Å². The largest absolute Gasteiger partial charge is 0.470 e. The van der Waals surface area contributed by atoms with Crippen LogP contribution in [-0.4, -0.2) is 65.4 Å². The van der Waals surface area contributed by atoms with E-state index in [0.717, 1.165) is 18.4 Å². The molecule has 0 unspecified atom stereocenters. The second-order valence-corrected chi connectivity index (χ2v) is 6.93. The average molecular weight is 416 g/mol. The SMILES string of the molecule is CCCCN(C/C(C)=C/C=C(\C)c1nnc(C(F)(F)F)o1)C(=O)N1CCOCC1. The number of halogens is 3. The molecular weight excluding hydrogens is 389 g/mol. The molecule has 0 spiro atoms. The molecule has 1 aliphatic rings. The van der Waals surface area contributed by atoms with Crippen LogP contribution in [0.25, 0.3) is 5.57 Å². The number of allylic oxidation sites excluding steroid dienone is 3. The number of alkyl halides is 3. The van der Waals surface area contributed by atoms with Crippen molar-refractivity contribution in [2.75, 3.05) is 39.4 Å². The summed E-state index contributed by atoms with van der Waals surface area (Å²) < 4.78 is 47.7. The van der Waals surface area contributed by atoms with E-state index in [9.17, 15) is 18.0 Å². The predicted molar refractivity (Wildman–Crippen MR) is 101 cm³/mol. The van der Waals surface area contributed by atoms with E-state index in [1.807, 2.05) is 6.92 Å². The number of carbonyl (C=O) groups excluding carboxylic acids is 1. The maximum atomic E-state index is 12.8. The Bertz CT molecular complexity index is 737. The lowest BCUT2D eigenvalue weighted by Crippen LogP contribution is -2.48. The van der Waals surface area contributed by atoms with E-state index >= 15 is 0 Å². The summed E-state index contributed by atoms with van der Waals surface area (Å²) in [5, 5.41) is 6.46. The van der Waals surface area contributed by atoms with Gasteiger partial charge in [-0.3, -0.25) is 0 Å². The molecule has 2 rings (SSSR count). The third kappa shape index (κ3) is 6.88. The Morgan fingerprint density at radius 2 is 1.90 bits per heavy atom. The van der Waals surface area contributed by atoms with Crippen molar-refractivity contribution in [1.82, 2.24) is 20.0 Å². The summed E-state index contributed by atoms with van der Waals surface area (Å²) in [6, 6.07) is -0.0260. The molecule has 29 heavy (non-hydrogen) atoms. The Morgan fingerprint density at radius 1 is 1.21 bits per heavy atom. The van der Waals surface area contributed by atoms with Gasteiger partial charge in [0.2, 0.25) is 5.89 Å². The highest BCUT2D eigenvalue weighted by molar-refractivity contribution is 5.75. The van der Waals surface area contributed by atoms with Crippen LogP contribution in [0.1, 0.15) is 45.4 Å². The summed E-state index contributed by atoms with van der Waals surface area (Å²) in [6.07, 6.45) is 0.545. The van der Waals surface area contributed by atoms with Gasteiger partial charge in [0, 0.05) is 31.8 Å². The van der Waals surface area contributed by atoms with Gasteiger partial charge in [0.15, 0.2) is 0 Å². The van der Waals surface area contributed by atoms with Gasteiger partial charge >= 0.3 is 18.1 Å². The number of unbranched alkanes of at least 4 members (excludes halogenated alkanes) is 1. The molecule has 162 valence electrons. The first-order chi connectivity index (χ1) is 13.7. The van der Waals surface area contributed by atoms with E-state index < -0.39 is 12.1 Å². The van der Waals surface area contributed by atoms with Crippen LogP contribution < -0.4 is 0 Å². The molecule has 0 bridgehead atoms. The molecule has 10 heteroatoms. The molecule has 0 N–H and O–H groups in total. The summed E-state index contributed by atoms with van der Waals surface area (Å²) in [4.78, 5) is 16.4. The monoisotopic (exact) mass is 416 g/mol. The Labute approximate surface area is 168 Å². The molecule has 1 aromatic heterocycles. The number of nitrogens with zero attached hydrogens (tertiary/aromatic N) is 4. The van der Waals surface area contributed by atoms with Crippen molar-refractivity contribution in [3.05, 3.63) is 29.5 Å². The van der Waals surface area contributed by atoms with Crippen LogP contribution in [0, 0.1) is 0 Å². The van der Waals surface area contributed by atoms with E-state index in [4.69, 9.17) is 4.74 Å². The third-order valence-corrected chi connectivity index (χ3v) is 4.40. The lowest BCUT2D eigenvalue weighted by Gasteiger charge is -2.33. The lowest BCUT2D eigenvalue weighted by molar-refractivity contribution is -0.157. The summed E-state index contributed by atoms with van der Waals surface area (Å²) >= 11 is 0. The number of ether oxygens (including phenoxy) is 1. The fourth-order valence-electron chi connectivity index (χ4n) is 2.74. The summed E-state index contributed by atoms with van der Waals surface area (Å²) in [5.74, 6) is -1.56. The molecule has 7 nitrogen and oxygen atoms in total. The van der Waals surface area contributed by atoms with Crippen LogP contribution in [0.15, 0.2) is 22.1 Å². The molecule has 1 fully saturated rings. The second-order valence-electron chi connectivity index (χ2n) is 6.93. The molecule has 0 saturated carbocycles. The Hall–Kier alpha value is -2.36. The topological polar surface area (TPSA) is 71.7 Å². The van der Waals surface area contributed by atoms with Crippen molar-refractivity contribution in [2.24, 2.45) is 0 Å². The molecule has 2 amide bonds. The predicted octanol–water partition coefficient (Wildman–Crippen LogP) is 3.99. The van der Waals surface area contributed by atoms with E-state index in [-0.39, 0.29) is 11.9 Å². The highest BCUT2D eigenvalue weighted by Crippen LogP contribution is 2.29. The fourth-order valence-corrected chi connectivity index (χ4v) is 2.74. The van der Waals surface area contributed by atoms with Crippen molar-refractivity contribution in [3.8, 4) is 0 Å². The number of morpholine rings is 1. The van der Waals surface area contributed by atoms with Crippen LogP contribution >= 0.6 is 0 Å². The van der Waals surface area contributed by atoms with E-state index in [0.29, 0.717) is 45.0 Å². The summed E-state index contributed by atoms with van der Waals surface area (Å²) in [5.41, 5.74) is 1.30. The third-order valence-electron chi connectivity index (χ3n) is 4.40. The molecule has 2 heterocycles. The smallest absolute Gasteiger partial charge is 0.413 e. The first kappa shape index (κ1) is 22.9. The molecule has 0 aromatic carbocycles. The van der Waals surface area contributed by atoms with E-state index in [1.54, 1.807) is 28.9 Å². The van der Waals surface area contributed by atoms with Gasteiger partial charge in [0.05, 0.1) is 13.2 Å². The Morgan fingerprint density at radius 3 is 2.48 bits per heavy atom. The zero-order valence-electron chi connectivity index (χ0n) is 17.0. The minimum Gasteiger partial charge on any atom is -0.413 e. The zero-order chi connectivity index (χ0) is 21.4. The van der Waals surface area contributed by atoms with Crippen molar-refractivity contribution >= 4 is 11.6 Å². The average Bonchev–Trinajstić information content (AvgIpc) is 3.20. The van der Waals surface area contributed by atoms with Gasteiger partial charge in [0.25, 0.3) is 0 Å². The normalized spacial score (nSPS) is 16.3. The minimum atomic E-state index is -4.67.